The Bertz CT molecular complexity index is 448. The van der Waals surface area contributed by atoms with Gasteiger partial charge in [0.2, 0.25) is 5.91 Å². The van der Waals surface area contributed by atoms with Gasteiger partial charge in [-0.25, -0.2) is 9.59 Å². The molecule has 2 heterocycles. The van der Waals surface area contributed by atoms with E-state index in [4.69, 9.17) is 9.84 Å². The molecule has 0 bridgehead atoms. The lowest BCUT2D eigenvalue weighted by molar-refractivity contribution is -0.142. The molecular formula is C14H23N3O5S. The van der Waals surface area contributed by atoms with Gasteiger partial charge in [0.15, 0.2) is 0 Å². The third kappa shape index (κ3) is 5.91. The average Bonchev–Trinajstić information content (AvgIpc) is 3.02. The largest absolute Gasteiger partial charge is 0.480 e. The lowest BCUT2D eigenvalue weighted by atomic mass is 10.0. The molecule has 0 aromatic rings. The number of aliphatic carboxylic acids is 1. The lowest BCUT2D eigenvalue weighted by Crippen LogP contribution is -2.36. The van der Waals surface area contributed by atoms with Gasteiger partial charge in [-0.05, 0) is 12.8 Å². The first-order valence-electron chi connectivity index (χ1n) is 7.81. The number of thioether (sulfide) groups is 1. The van der Waals surface area contributed by atoms with Crippen LogP contribution in [0.2, 0.25) is 0 Å². The minimum absolute atomic E-state index is 0.0447. The lowest BCUT2D eigenvalue weighted by Gasteiger charge is -2.16. The Labute approximate surface area is 139 Å². The third-order valence-corrected chi connectivity index (χ3v) is 5.38. The predicted molar refractivity (Wildman–Crippen MR) is 85.4 cm³/mol. The van der Waals surface area contributed by atoms with Crippen LogP contribution >= 0.6 is 11.8 Å². The van der Waals surface area contributed by atoms with Gasteiger partial charge >= 0.3 is 12.0 Å². The topological polar surface area (TPSA) is 117 Å². The highest BCUT2D eigenvalue weighted by Gasteiger charge is 2.42. The Morgan fingerprint density at radius 3 is 2.96 bits per heavy atom. The first-order valence-corrected chi connectivity index (χ1v) is 8.86. The molecule has 3 amide bonds. The molecule has 23 heavy (non-hydrogen) atoms. The van der Waals surface area contributed by atoms with Crippen LogP contribution in [0.3, 0.4) is 0 Å². The number of urea groups is 1. The Morgan fingerprint density at radius 2 is 2.17 bits per heavy atom. The first-order chi connectivity index (χ1) is 11.1. The van der Waals surface area contributed by atoms with Crippen LogP contribution in [0, 0.1) is 0 Å². The van der Waals surface area contributed by atoms with Crippen LogP contribution in [0.25, 0.3) is 0 Å². The van der Waals surface area contributed by atoms with E-state index in [9.17, 15) is 14.4 Å². The molecule has 0 spiro atoms. The van der Waals surface area contributed by atoms with Crippen LogP contribution in [-0.2, 0) is 14.3 Å². The maximum Gasteiger partial charge on any atom is 0.329 e. The molecule has 9 heteroatoms. The Kier molecular flexibility index (Phi) is 6.97. The van der Waals surface area contributed by atoms with Crippen LogP contribution in [0.4, 0.5) is 4.79 Å². The Hall–Kier alpha value is -1.48. The normalized spacial score (nSPS) is 25.6. The molecule has 4 N–H and O–H groups in total. The summed E-state index contributed by atoms with van der Waals surface area (Å²) < 4.78 is 4.83. The maximum atomic E-state index is 11.6. The third-order valence-electron chi connectivity index (χ3n) is 3.87. The summed E-state index contributed by atoms with van der Waals surface area (Å²) in [6, 6.07) is 0.383. The molecule has 0 aromatic heterocycles. The highest BCUT2D eigenvalue weighted by atomic mass is 32.2. The van der Waals surface area contributed by atoms with Crippen molar-refractivity contribution in [1.29, 1.82) is 0 Å². The van der Waals surface area contributed by atoms with Crippen molar-refractivity contribution >= 4 is 29.7 Å². The average molecular weight is 345 g/mol. The second-order valence-electron chi connectivity index (χ2n) is 5.66. The van der Waals surface area contributed by atoms with Crippen molar-refractivity contribution in [2.75, 3.05) is 25.5 Å². The molecule has 0 radical (unpaired) electrons. The van der Waals surface area contributed by atoms with Gasteiger partial charge in [-0.1, -0.05) is 6.42 Å². The Balaban J connectivity index is 1.48. The SMILES string of the molecule is O=C(O)COCCNC(=O)CCCC[C@@H]1SC[C@@H]2NC(=O)N[C@@H]21. The van der Waals surface area contributed by atoms with Gasteiger partial charge in [0.05, 0.1) is 18.7 Å². The van der Waals surface area contributed by atoms with Crippen molar-refractivity contribution in [1.82, 2.24) is 16.0 Å². The van der Waals surface area contributed by atoms with Gasteiger partial charge < -0.3 is 25.8 Å². The number of fused-ring (bicyclic) bond motifs is 1. The van der Waals surface area contributed by atoms with Crippen LogP contribution < -0.4 is 16.0 Å². The number of amides is 3. The number of carbonyl (C=O) groups excluding carboxylic acids is 2. The summed E-state index contributed by atoms with van der Waals surface area (Å²) in [7, 11) is 0. The number of carboxylic acid groups (broad SMARTS) is 1. The quantitative estimate of drug-likeness (QED) is 0.325. The summed E-state index contributed by atoms with van der Waals surface area (Å²) in [6.45, 7) is 0.182. The molecular weight excluding hydrogens is 322 g/mol. The molecule has 0 unspecified atom stereocenters. The first kappa shape index (κ1) is 17.9. The summed E-state index contributed by atoms with van der Waals surface area (Å²) in [6.07, 6.45) is 3.19. The van der Waals surface area contributed by atoms with Crippen LogP contribution in [0.5, 0.6) is 0 Å². The summed E-state index contributed by atoms with van der Waals surface area (Å²) >= 11 is 1.87. The molecule has 2 saturated heterocycles. The monoisotopic (exact) mass is 345 g/mol. The smallest absolute Gasteiger partial charge is 0.329 e. The minimum Gasteiger partial charge on any atom is -0.480 e. The van der Waals surface area contributed by atoms with Crippen molar-refractivity contribution in [2.24, 2.45) is 0 Å². The van der Waals surface area contributed by atoms with Crippen molar-refractivity contribution in [3.8, 4) is 0 Å². The van der Waals surface area contributed by atoms with Crippen molar-refractivity contribution in [3.05, 3.63) is 0 Å². The molecule has 2 rings (SSSR count). The minimum atomic E-state index is -1.02. The van der Waals surface area contributed by atoms with Crippen molar-refractivity contribution in [2.45, 2.75) is 43.0 Å². The number of rotatable bonds is 10. The fraction of sp³-hybridized carbons (Fsp3) is 0.786. The van der Waals surface area contributed by atoms with Crippen LogP contribution in [0.1, 0.15) is 25.7 Å². The molecule has 0 aliphatic carbocycles. The zero-order valence-corrected chi connectivity index (χ0v) is 13.7. The van der Waals surface area contributed by atoms with Gasteiger partial charge in [0.25, 0.3) is 0 Å². The highest BCUT2D eigenvalue weighted by Crippen LogP contribution is 2.33. The highest BCUT2D eigenvalue weighted by molar-refractivity contribution is 8.00. The summed E-state index contributed by atoms with van der Waals surface area (Å²) in [4.78, 5) is 33.1. The van der Waals surface area contributed by atoms with E-state index in [-0.39, 0.29) is 37.2 Å². The molecule has 0 aromatic carbocycles. The second-order valence-corrected chi connectivity index (χ2v) is 6.94. The van der Waals surface area contributed by atoms with E-state index in [2.05, 4.69) is 16.0 Å². The summed E-state index contributed by atoms with van der Waals surface area (Å²) in [5.41, 5.74) is 0. The zero-order chi connectivity index (χ0) is 16.7. The number of hydrogen-bond acceptors (Lipinski definition) is 5. The zero-order valence-electron chi connectivity index (χ0n) is 12.9. The number of carboxylic acids is 1. The molecule has 2 aliphatic rings. The van der Waals surface area contributed by atoms with Gasteiger partial charge in [-0.15, -0.1) is 0 Å². The van der Waals surface area contributed by atoms with Gasteiger partial charge in [0, 0.05) is 24.0 Å². The van der Waals surface area contributed by atoms with E-state index in [1.165, 1.54) is 0 Å². The fourth-order valence-electron chi connectivity index (χ4n) is 2.78. The molecule has 130 valence electrons. The van der Waals surface area contributed by atoms with E-state index in [0.29, 0.717) is 18.2 Å². The molecule has 0 saturated carbocycles. The van der Waals surface area contributed by atoms with Crippen molar-refractivity contribution < 1.29 is 24.2 Å². The molecule has 2 aliphatic heterocycles. The van der Waals surface area contributed by atoms with Gasteiger partial charge in [-0.2, -0.15) is 11.8 Å². The standard InChI is InChI=1S/C14H23N3O5S/c18-11(15-5-6-22-7-12(19)20)4-2-1-3-10-13-9(8-23-10)16-14(21)17-13/h9-10,13H,1-8H2,(H,15,18)(H,19,20)(H2,16,17,21)/t9-,10-,13-/m0/s1. The number of nitrogens with one attached hydrogen (secondary N) is 3. The number of unbranched alkanes of at least 4 members (excludes halogenated alkanes) is 1. The van der Waals surface area contributed by atoms with Gasteiger partial charge in [-0.3, -0.25) is 4.79 Å². The molecule has 2 fully saturated rings. The second kappa shape index (κ2) is 8.97. The van der Waals surface area contributed by atoms with E-state index < -0.39 is 5.97 Å². The molecule has 8 nitrogen and oxygen atoms in total. The van der Waals surface area contributed by atoms with E-state index in [1.54, 1.807) is 0 Å². The van der Waals surface area contributed by atoms with Crippen LogP contribution in [0.15, 0.2) is 0 Å². The summed E-state index contributed by atoms with van der Waals surface area (Å²) in [5.74, 6) is -0.112. The number of hydrogen-bond donors (Lipinski definition) is 4. The van der Waals surface area contributed by atoms with E-state index in [1.807, 2.05) is 11.8 Å². The van der Waals surface area contributed by atoms with Crippen LogP contribution in [-0.4, -0.2) is 65.9 Å². The fourth-order valence-corrected chi connectivity index (χ4v) is 4.33. The van der Waals surface area contributed by atoms with Gasteiger partial charge in [0.1, 0.15) is 6.61 Å². The number of carbonyl (C=O) groups is 3. The predicted octanol–water partition coefficient (Wildman–Crippen LogP) is -0.0704. The van der Waals surface area contributed by atoms with Crippen molar-refractivity contribution in [3.63, 3.8) is 0 Å². The maximum absolute atomic E-state index is 11.6. The molecule has 3 atom stereocenters. The van der Waals surface area contributed by atoms with E-state index >= 15 is 0 Å². The Morgan fingerprint density at radius 1 is 1.35 bits per heavy atom. The van der Waals surface area contributed by atoms with E-state index in [0.717, 1.165) is 25.0 Å². The summed E-state index contributed by atoms with van der Waals surface area (Å²) in [5, 5.41) is 17.4. The number of ether oxygens (including phenoxy) is 1.